The second kappa shape index (κ2) is 7.38. The summed E-state index contributed by atoms with van der Waals surface area (Å²) in [5.74, 6) is 0.632. The summed E-state index contributed by atoms with van der Waals surface area (Å²) in [5, 5.41) is 10.6. The van der Waals surface area contributed by atoms with Crippen LogP contribution in [0.25, 0.3) is 22.0 Å². The van der Waals surface area contributed by atoms with Gasteiger partial charge in [-0.25, -0.2) is 14.5 Å². The maximum atomic E-state index is 11.9. The fraction of sp³-hybridized carbons (Fsp3) is 0.100. The van der Waals surface area contributed by atoms with Gasteiger partial charge in [-0.15, -0.1) is 5.10 Å². The SMILES string of the molecule is O=c1cc(Cn2cc(CSc3nc4ccccc4[nH]3)nn2)c2ccc(Cl)cc2o1. The zero-order valence-electron chi connectivity index (χ0n) is 15.0. The minimum atomic E-state index is -0.421. The number of nitrogens with one attached hydrogen (secondary N) is 1. The van der Waals surface area contributed by atoms with Crippen LogP contribution in [0.1, 0.15) is 11.3 Å². The number of imidazole rings is 1. The van der Waals surface area contributed by atoms with Crippen LogP contribution in [-0.2, 0) is 12.3 Å². The molecule has 3 aromatic heterocycles. The molecule has 5 aromatic rings. The first-order chi connectivity index (χ1) is 14.1. The Kier molecular flexibility index (Phi) is 4.57. The molecule has 0 unspecified atom stereocenters. The Labute approximate surface area is 173 Å². The number of hydrogen-bond donors (Lipinski definition) is 1. The molecule has 2 aromatic carbocycles. The van der Waals surface area contributed by atoms with E-state index in [0.29, 0.717) is 22.9 Å². The highest BCUT2D eigenvalue weighted by Gasteiger charge is 2.10. The Morgan fingerprint density at radius 1 is 1.17 bits per heavy atom. The Balaban J connectivity index is 1.34. The molecule has 0 amide bonds. The molecule has 0 aliphatic heterocycles. The number of rotatable bonds is 5. The van der Waals surface area contributed by atoms with Crippen LogP contribution in [0.15, 0.2) is 69.1 Å². The fourth-order valence-corrected chi connectivity index (χ4v) is 4.06. The third-order valence-corrected chi connectivity index (χ3v) is 5.58. The van der Waals surface area contributed by atoms with Gasteiger partial charge in [-0.1, -0.05) is 40.7 Å². The van der Waals surface area contributed by atoms with Crippen LogP contribution in [-0.4, -0.2) is 25.0 Å². The molecule has 9 heteroatoms. The Morgan fingerprint density at radius 2 is 2.07 bits per heavy atom. The molecular weight excluding hydrogens is 410 g/mol. The van der Waals surface area contributed by atoms with Gasteiger partial charge in [-0.2, -0.15) is 0 Å². The molecule has 0 aliphatic rings. The van der Waals surface area contributed by atoms with E-state index in [1.54, 1.807) is 28.6 Å². The molecule has 0 saturated carbocycles. The van der Waals surface area contributed by atoms with Gasteiger partial charge in [0.15, 0.2) is 5.16 Å². The van der Waals surface area contributed by atoms with E-state index in [0.717, 1.165) is 32.8 Å². The summed E-state index contributed by atoms with van der Waals surface area (Å²) in [6.45, 7) is 0.409. The Bertz CT molecular complexity index is 1360. The van der Waals surface area contributed by atoms with Gasteiger partial charge in [0, 0.05) is 34.5 Å². The minimum absolute atomic E-state index is 0.409. The highest BCUT2D eigenvalue weighted by molar-refractivity contribution is 7.98. The van der Waals surface area contributed by atoms with Crippen molar-refractivity contribution < 1.29 is 4.42 Å². The smallest absolute Gasteiger partial charge is 0.336 e. The zero-order chi connectivity index (χ0) is 19.8. The van der Waals surface area contributed by atoms with Gasteiger partial charge in [-0.05, 0) is 29.8 Å². The van der Waals surface area contributed by atoms with Crippen LogP contribution in [0.2, 0.25) is 5.02 Å². The first-order valence-electron chi connectivity index (χ1n) is 8.83. The second-order valence-corrected chi connectivity index (χ2v) is 7.89. The Morgan fingerprint density at radius 3 is 2.97 bits per heavy atom. The third-order valence-electron chi connectivity index (χ3n) is 4.44. The van der Waals surface area contributed by atoms with E-state index in [-0.39, 0.29) is 0 Å². The molecule has 3 heterocycles. The number of H-pyrrole nitrogens is 1. The van der Waals surface area contributed by atoms with E-state index in [2.05, 4.69) is 20.3 Å². The van der Waals surface area contributed by atoms with E-state index in [9.17, 15) is 4.79 Å². The van der Waals surface area contributed by atoms with Gasteiger partial charge in [0.25, 0.3) is 0 Å². The number of aromatic nitrogens is 5. The van der Waals surface area contributed by atoms with Gasteiger partial charge < -0.3 is 9.40 Å². The number of fused-ring (bicyclic) bond motifs is 2. The number of nitrogens with zero attached hydrogens (tertiary/aromatic N) is 4. The van der Waals surface area contributed by atoms with Crippen molar-refractivity contribution in [2.75, 3.05) is 0 Å². The van der Waals surface area contributed by atoms with E-state index in [4.69, 9.17) is 16.0 Å². The monoisotopic (exact) mass is 423 g/mol. The van der Waals surface area contributed by atoms with Gasteiger partial charge in [0.05, 0.1) is 23.3 Å². The molecule has 7 nitrogen and oxygen atoms in total. The van der Waals surface area contributed by atoms with Crippen LogP contribution in [0.4, 0.5) is 0 Å². The molecule has 144 valence electrons. The highest BCUT2D eigenvalue weighted by atomic mass is 35.5. The average Bonchev–Trinajstić information content (AvgIpc) is 3.32. The lowest BCUT2D eigenvalue weighted by molar-refractivity contribution is 0.555. The van der Waals surface area contributed by atoms with Crippen molar-refractivity contribution in [2.45, 2.75) is 17.5 Å². The molecule has 0 atom stereocenters. The molecule has 1 N–H and O–H groups in total. The first kappa shape index (κ1) is 18.0. The van der Waals surface area contributed by atoms with Crippen LogP contribution in [0.3, 0.4) is 0 Å². The topological polar surface area (TPSA) is 89.6 Å². The molecule has 5 rings (SSSR count). The van der Waals surface area contributed by atoms with Crippen molar-refractivity contribution in [3.63, 3.8) is 0 Å². The maximum absolute atomic E-state index is 11.9. The summed E-state index contributed by atoms with van der Waals surface area (Å²) in [6, 6.07) is 14.6. The van der Waals surface area contributed by atoms with Crippen LogP contribution in [0.5, 0.6) is 0 Å². The molecular formula is C20H14ClN5O2S. The van der Waals surface area contributed by atoms with Gasteiger partial charge in [0.2, 0.25) is 0 Å². The largest absolute Gasteiger partial charge is 0.423 e. The van der Waals surface area contributed by atoms with Crippen molar-refractivity contribution in [2.24, 2.45) is 0 Å². The number of halogens is 1. The quantitative estimate of drug-likeness (QED) is 0.335. The minimum Gasteiger partial charge on any atom is -0.423 e. The molecule has 0 saturated heterocycles. The van der Waals surface area contributed by atoms with Crippen LogP contribution in [0, 0.1) is 0 Å². The van der Waals surface area contributed by atoms with Crippen molar-refractivity contribution in [1.29, 1.82) is 0 Å². The molecule has 29 heavy (non-hydrogen) atoms. The molecule has 0 spiro atoms. The summed E-state index contributed by atoms with van der Waals surface area (Å²) in [5.41, 5.74) is 3.61. The van der Waals surface area contributed by atoms with Crippen molar-refractivity contribution in [3.8, 4) is 0 Å². The average molecular weight is 424 g/mol. The lowest BCUT2D eigenvalue weighted by Crippen LogP contribution is -2.06. The number of thioether (sulfide) groups is 1. The van der Waals surface area contributed by atoms with E-state index in [1.807, 2.05) is 36.5 Å². The van der Waals surface area contributed by atoms with Crippen molar-refractivity contribution in [1.82, 2.24) is 25.0 Å². The number of hydrogen-bond acceptors (Lipinski definition) is 6. The lowest BCUT2D eigenvalue weighted by Gasteiger charge is -2.05. The predicted molar refractivity (Wildman–Crippen MR) is 112 cm³/mol. The summed E-state index contributed by atoms with van der Waals surface area (Å²) in [4.78, 5) is 19.7. The van der Waals surface area contributed by atoms with Gasteiger partial charge in [0.1, 0.15) is 5.58 Å². The number of benzene rings is 2. The van der Waals surface area contributed by atoms with E-state index >= 15 is 0 Å². The summed E-state index contributed by atoms with van der Waals surface area (Å²) in [6.07, 6.45) is 1.87. The highest BCUT2D eigenvalue weighted by Crippen LogP contribution is 2.23. The predicted octanol–water partition coefficient (Wildman–Crippen LogP) is 4.25. The van der Waals surface area contributed by atoms with E-state index < -0.39 is 5.63 Å². The number of para-hydroxylation sites is 2. The van der Waals surface area contributed by atoms with Crippen molar-refractivity contribution in [3.05, 3.63) is 81.4 Å². The zero-order valence-corrected chi connectivity index (χ0v) is 16.6. The second-order valence-electron chi connectivity index (χ2n) is 6.49. The maximum Gasteiger partial charge on any atom is 0.336 e. The van der Waals surface area contributed by atoms with Crippen LogP contribution >= 0.6 is 23.4 Å². The molecule has 0 fully saturated rings. The lowest BCUT2D eigenvalue weighted by atomic mass is 10.1. The molecule has 0 bridgehead atoms. The normalized spacial score (nSPS) is 11.5. The summed E-state index contributed by atoms with van der Waals surface area (Å²) >= 11 is 7.56. The van der Waals surface area contributed by atoms with E-state index in [1.165, 1.54) is 6.07 Å². The Hall–Kier alpha value is -3.10. The van der Waals surface area contributed by atoms with Gasteiger partial charge >= 0.3 is 5.63 Å². The molecule has 0 aliphatic carbocycles. The fourth-order valence-electron chi connectivity index (χ4n) is 3.13. The molecule has 0 radical (unpaired) electrons. The van der Waals surface area contributed by atoms with Crippen molar-refractivity contribution >= 4 is 45.4 Å². The summed E-state index contributed by atoms with van der Waals surface area (Å²) in [7, 11) is 0. The first-order valence-corrected chi connectivity index (χ1v) is 10.2. The third kappa shape index (κ3) is 3.76. The number of aromatic amines is 1. The van der Waals surface area contributed by atoms with Crippen LogP contribution < -0.4 is 5.63 Å². The standard InChI is InChI=1S/C20H14ClN5O2S/c21-13-5-6-15-12(7-19(27)28-18(15)8-13)9-26-10-14(24-25-26)11-29-20-22-16-3-1-2-4-17(16)23-20/h1-8,10H,9,11H2,(H,22,23). The summed E-state index contributed by atoms with van der Waals surface area (Å²) < 4.78 is 6.95. The van der Waals surface area contributed by atoms with Gasteiger partial charge in [-0.3, -0.25) is 0 Å².